The summed E-state index contributed by atoms with van der Waals surface area (Å²) in [6.45, 7) is 8.37. The van der Waals surface area contributed by atoms with E-state index in [0.717, 1.165) is 37.9 Å². The van der Waals surface area contributed by atoms with Crippen LogP contribution in [0, 0.1) is 0 Å². The van der Waals surface area contributed by atoms with Crippen molar-refractivity contribution in [2.45, 2.75) is 71.6 Å². The number of unbranched alkanes of at least 4 members (excludes halogenated alkanes) is 4. The summed E-state index contributed by atoms with van der Waals surface area (Å²) >= 11 is 0. The molecule has 22 heavy (non-hydrogen) atoms. The maximum absolute atomic E-state index is 13.0. The highest BCUT2D eigenvalue weighted by atomic mass is 16.2. The lowest BCUT2D eigenvalue weighted by Gasteiger charge is -2.27. The molecule has 0 saturated carbocycles. The lowest BCUT2D eigenvalue weighted by atomic mass is 9.94. The van der Waals surface area contributed by atoms with Crippen LogP contribution in [0.25, 0.3) is 0 Å². The molecule has 2 nitrogen and oxygen atoms in total. The van der Waals surface area contributed by atoms with Crippen LogP contribution in [0.3, 0.4) is 0 Å². The zero-order valence-corrected chi connectivity index (χ0v) is 14.7. The number of carbonyl (C=O) groups is 1. The number of hydrogen-bond donors (Lipinski definition) is 0. The Morgan fingerprint density at radius 3 is 1.91 bits per heavy atom. The molecule has 1 atom stereocenters. The van der Waals surface area contributed by atoms with Gasteiger partial charge in [0.25, 0.3) is 0 Å². The molecule has 0 aromatic heterocycles. The van der Waals surface area contributed by atoms with Crippen molar-refractivity contribution in [2.24, 2.45) is 0 Å². The molecule has 0 N–H and O–H groups in total. The first-order valence-corrected chi connectivity index (χ1v) is 9.08. The summed E-state index contributed by atoms with van der Waals surface area (Å²) in [5, 5.41) is 0. The standard InChI is InChI=1S/C20H33NO/c1-4-7-12-16-21(17-13-8-5-2)20(22)19(6-3)18-14-10-9-11-15-18/h9-11,14-15,19H,4-8,12-13,16-17H2,1-3H3. The molecule has 1 aromatic carbocycles. The number of rotatable bonds is 11. The SMILES string of the molecule is CCCCCN(CCCCC)C(=O)C(CC)c1ccccc1. The van der Waals surface area contributed by atoms with Crippen LogP contribution >= 0.6 is 0 Å². The van der Waals surface area contributed by atoms with Gasteiger partial charge in [-0.05, 0) is 24.8 Å². The van der Waals surface area contributed by atoms with Crippen LogP contribution in [-0.2, 0) is 4.79 Å². The van der Waals surface area contributed by atoms with Crippen molar-refractivity contribution in [3.63, 3.8) is 0 Å². The quantitative estimate of drug-likeness (QED) is 0.502. The second-order valence-corrected chi connectivity index (χ2v) is 6.11. The van der Waals surface area contributed by atoms with Crippen molar-refractivity contribution in [2.75, 3.05) is 13.1 Å². The van der Waals surface area contributed by atoms with Crippen LogP contribution in [0.15, 0.2) is 30.3 Å². The Morgan fingerprint density at radius 1 is 0.909 bits per heavy atom. The lowest BCUT2D eigenvalue weighted by molar-refractivity contribution is -0.133. The molecule has 1 unspecified atom stereocenters. The molecule has 1 rings (SSSR count). The smallest absolute Gasteiger partial charge is 0.230 e. The monoisotopic (exact) mass is 303 g/mol. The summed E-state index contributed by atoms with van der Waals surface area (Å²) in [6.07, 6.45) is 7.94. The van der Waals surface area contributed by atoms with Crippen LogP contribution < -0.4 is 0 Å². The van der Waals surface area contributed by atoms with Gasteiger partial charge < -0.3 is 4.90 Å². The van der Waals surface area contributed by atoms with Gasteiger partial charge in [-0.2, -0.15) is 0 Å². The summed E-state index contributed by atoms with van der Waals surface area (Å²) < 4.78 is 0. The summed E-state index contributed by atoms with van der Waals surface area (Å²) in [5.41, 5.74) is 1.16. The predicted molar refractivity (Wildman–Crippen MR) is 95.1 cm³/mol. The number of carbonyl (C=O) groups excluding carboxylic acids is 1. The van der Waals surface area contributed by atoms with E-state index < -0.39 is 0 Å². The van der Waals surface area contributed by atoms with Crippen molar-refractivity contribution in [3.05, 3.63) is 35.9 Å². The van der Waals surface area contributed by atoms with Gasteiger partial charge in [-0.15, -0.1) is 0 Å². The third-order valence-electron chi connectivity index (χ3n) is 4.28. The van der Waals surface area contributed by atoms with Gasteiger partial charge in [0.15, 0.2) is 0 Å². The molecular formula is C20H33NO. The van der Waals surface area contributed by atoms with E-state index in [1.54, 1.807) is 0 Å². The lowest BCUT2D eigenvalue weighted by Crippen LogP contribution is -2.36. The van der Waals surface area contributed by atoms with E-state index in [-0.39, 0.29) is 5.92 Å². The van der Waals surface area contributed by atoms with Crippen molar-refractivity contribution in [1.82, 2.24) is 4.90 Å². The van der Waals surface area contributed by atoms with Crippen LogP contribution in [-0.4, -0.2) is 23.9 Å². The Morgan fingerprint density at radius 2 is 1.45 bits per heavy atom. The highest BCUT2D eigenvalue weighted by Crippen LogP contribution is 2.22. The molecule has 0 aliphatic heterocycles. The summed E-state index contributed by atoms with van der Waals surface area (Å²) in [5.74, 6) is 0.338. The molecule has 0 aliphatic rings. The number of nitrogens with zero attached hydrogens (tertiary/aromatic N) is 1. The Hall–Kier alpha value is -1.31. The van der Waals surface area contributed by atoms with Crippen LogP contribution in [0.2, 0.25) is 0 Å². The molecule has 1 amide bonds. The van der Waals surface area contributed by atoms with E-state index >= 15 is 0 Å². The molecule has 2 heteroatoms. The third kappa shape index (κ3) is 6.21. The van der Waals surface area contributed by atoms with Gasteiger partial charge in [0.05, 0.1) is 5.92 Å². The van der Waals surface area contributed by atoms with Gasteiger partial charge in [-0.1, -0.05) is 76.8 Å². The highest BCUT2D eigenvalue weighted by Gasteiger charge is 2.23. The summed E-state index contributed by atoms with van der Waals surface area (Å²) in [7, 11) is 0. The molecule has 0 heterocycles. The van der Waals surface area contributed by atoms with Crippen molar-refractivity contribution < 1.29 is 4.79 Å². The van der Waals surface area contributed by atoms with E-state index in [1.807, 2.05) is 18.2 Å². The molecule has 124 valence electrons. The molecule has 0 fully saturated rings. The van der Waals surface area contributed by atoms with E-state index in [1.165, 1.54) is 25.7 Å². The Kier molecular flexibility index (Phi) is 9.61. The maximum Gasteiger partial charge on any atom is 0.230 e. The fourth-order valence-corrected chi connectivity index (χ4v) is 2.90. The first kappa shape index (κ1) is 18.7. The minimum atomic E-state index is 0.0180. The summed E-state index contributed by atoms with van der Waals surface area (Å²) in [4.78, 5) is 15.1. The third-order valence-corrected chi connectivity index (χ3v) is 4.28. The van der Waals surface area contributed by atoms with Crippen LogP contribution in [0.4, 0.5) is 0 Å². The number of benzene rings is 1. The molecule has 1 aromatic rings. The van der Waals surface area contributed by atoms with Crippen molar-refractivity contribution >= 4 is 5.91 Å². The topological polar surface area (TPSA) is 20.3 Å². The molecule has 0 saturated heterocycles. The average Bonchev–Trinajstić information content (AvgIpc) is 2.55. The zero-order chi connectivity index (χ0) is 16.2. The molecular weight excluding hydrogens is 270 g/mol. The van der Waals surface area contributed by atoms with Crippen molar-refractivity contribution in [1.29, 1.82) is 0 Å². The molecule has 0 spiro atoms. The minimum Gasteiger partial charge on any atom is -0.342 e. The van der Waals surface area contributed by atoms with Crippen LogP contribution in [0.1, 0.15) is 77.2 Å². The maximum atomic E-state index is 13.0. The first-order chi connectivity index (χ1) is 10.7. The van der Waals surface area contributed by atoms with Gasteiger partial charge in [0.2, 0.25) is 5.91 Å². The molecule has 0 radical (unpaired) electrons. The largest absolute Gasteiger partial charge is 0.342 e. The molecule has 0 bridgehead atoms. The average molecular weight is 303 g/mol. The Bertz CT molecular complexity index is 391. The van der Waals surface area contributed by atoms with Gasteiger partial charge in [0.1, 0.15) is 0 Å². The van der Waals surface area contributed by atoms with Crippen LogP contribution in [0.5, 0.6) is 0 Å². The van der Waals surface area contributed by atoms with E-state index in [0.29, 0.717) is 5.91 Å². The first-order valence-electron chi connectivity index (χ1n) is 9.08. The minimum absolute atomic E-state index is 0.0180. The van der Waals surface area contributed by atoms with E-state index in [9.17, 15) is 4.79 Å². The normalized spacial score (nSPS) is 12.1. The number of amides is 1. The fourth-order valence-electron chi connectivity index (χ4n) is 2.90. The predicted octanol–water partition coefficient (Wildman–Crippen LogP) is 5.39. The molecule has 0 aliphatic carbocycles. The van der Waals surface area contributed by atoms with E-state index in [4.69, 9.17) is 0 Å². The second kappa shape index (κ2) is 11.3. The van der Waals surface area contributed by atoms with Gasteiger partial charge in [0, 0.05) is 13.1 Å². The zero-order valence-electron chi connectivity index (χ0n) is 14.7. The highest BCUT2D eigenvalue weighted by molar-refractivity contribution is 5.83. The van der Waals surface area contributed by atoms with Gasteiger partial charge in [-0.3, -0.25) is 4.79 Å². The fraction of sp³-hybridized carbons (Fsp3) is 0.650. The van der Waals surface area contributed by atoms with Gasteiger partial charge >= 0.3 is 0 Å². The second-order valence-electron chi connectivity index (χ2n) is 6.11. The van der Waals surface area contributed by atoms with E-state index in [2.05, 4.69) is 37.8 Å². The number of hydrogen-bond acceptors (Lipinski definition) is 1. The van der Waals surface area contributed by atoms with Gasteiger partial charge in [-0.25, -0.2) is 0 Å². The summed E-state index contributed by atoms with van der Waals surface area (Å²) in [6, 6.07) is 10.2. The Balaban J connectivity index is 2.73. The van der Waals surface area contributed by atoms with Crippen molar-refractivity contribution in [3.8, 4) is 0 Å². The Labute approximate surface area is 136 Å².